The highest BCUT2D eigenvalue weighted by molar-refractivity contribution is 6.32. The van der Waals surface area contributed by atoms with Crippen LogP contribution in [-0.4, -0.2) is 40.6 Å². The molecule has 2 atom stereocenters. The number of fused-ring (bicyclic) bond motifs is 1. The molecule has 0 bridgehead atoms. The van der Waals surface area contributed by atoms with Crippen molar-refractivity contribution in [2.45, 2.75) is 39.7 Å². The normalized spacial score (nSPS) is 12.9. The Labute approximate surface area is 177 Å². The summed E-state index contributed by atoms with van der Waals surface area (Å²) in [6, 6.07) is 1.59. The predicted octanol–water partition coefficient (Wildman–Crippen LogP) is 1.73. The number of carboxylic acid groups (broad SMARTS) is 1. The number of rotatable bonds is 8. The zero-order valence-corrected chi connectivity index (χ0v) is 17.5. The predicted molar refractivity (Wildman–Crippen MR) is 110 cm³/mol. The number of carboxylic acids is 1. The average molecular weight is 439 g/mol. The van der Waals surface area contributed by atoms with Crippen molar-refractivity contribution < 1.29 is 29.0 Å². The molecule has 162 valence electrons. The van der Waals surface area contributed by atoms with Gasteiger partial charge in [-0.25, -0.2) is 9.59 Å². The summed E-state index contributed by atoms with van der Waals surface area (Å²) in [5.41, 5.74) is -0.0626. The van der Waals surface area contributed by atoms with Gasteiger partial charge in [-0.2, -0.15) is 0 Å². The Kier molecular flexibility index (Phi) is 7.44. The molecule has 0 aliphatic carbocycles. The first-order chi connectivity index (χ1) is 14.0. The van der Waals surface area contributed by atoms with Crippen LogP contribution in [0, 0.1) is 12.8 Å². The molecule has 9 nitrogen and oxygen atoms in total. The van der Waals surface area contributed by atoms with Gasteiger partial charge in [0.2, 0.25) is 11.8 Å². The largest absolute Gasteiger partial charge is 0.506 e. The molecule has 0 saturated carbocycles. The van der Waals surface area contributed by atoms with Gasteiger partial charge in [-0.1, -0.05) is 31.9 Å². The topological polar surface area (TPSA) is 146 Å². The van der Waals surface area contributed by atoms with Gasteiger partial charge in [0.15, 0.2) is 0 Å². The van der Waals surface area contributed by atoms with Crippen LogP contribution in [-0.2, 0) is 20.8 Å². The van der Waals surface area contributed by atoms with Gasteiger partial charge in [0, 0.05) is 11.5 Å². The number of carbonyl (C=O) groups excluding carboxylic acids is 2. The number of phenols is 1. The van der Waals surface area contributed by atoms with Gasteiger partial charge in [0.25, 0.3) is 0 Å². The number of hydrogen-bond acceptors (Lipinski definition) is 6. The summed E-state index contributed by atoms with van der Waals surface area (Å²) in [5, 5.41) is 24.1. The fourth-order valence-corrected chi connectivity index (χ4v) is 3.08. The van der Waals surface area contributed by atoms with Crippen LogP contribution in [0.15, 0.2) is 21.3 Å². The quantitative estimate of drug-likeness (QED) is 0.459. The van der Waals surface area contributed by atoms with Gasteiger partial charge < -0.3 is 25.3 Å². The SMILES string of the molecule is CCC(C)C(NC(=O)CNC(=O)Cc1c(C)c2cc(Cl)c(O)cc2oc1=O)C(=O)O. The number of benzene rings is 1. The smallest absolute Gasteiger partial charge is 0.340 e. The van der Waals surface area contributed by atoms with Crippen LogP contribution < -0.4 is 16.3 Å². The van der Waals surface area contributed by atoms with E-state index in [1.54, 1.807) is 20.8 Å². The van der Waals surface area contributed by atoms with Crippen molar-refractivity contribution in [2.75, 3.05) is 6.54 Å². The number of aromatic hydroxyl groups is 1. The number of nitrogens with one attached hydrogen (secondary N) is 2. The van der Waals surface area contributed by atoms with Gasteiger partial charge in [0.1, 0.15) is 17.4 Å². The average Bonchev–Trinajstić information content (AvgIpc) is 2.68. The third-order valence-corrected chi connectivity index (χ3v) is 5.24. The number of aliphatic carboxylic acids is 1. The van der Waals surface area contributed by atoms with Gasteiger partial charge in [0.05, 0.1) is 23.6 Å². The van der Waals surface area contributed by atoms with Gasteiger partial charge in [-0.05, 0) is 24.5 Å². The van der Waals surface area contributed by atoms with Crippen LogP contribution >= 0.6 is 11.6 Å². The Morgan fingerprint density at radius 1 is 1.23 bits per heavy atom. The molecule has 0 saturated heterocycles. The number of carbonyl (C=O) groups is 3. The second-order valence-corrected chi connectivity index (χ2v) is 7.42. The molecule has 0 aliphatic rings. The van der Waals surface area contributed by atoms with Crippen LogP contribution in [0.3, 0.4) is 0 Å². The van der Waals surface area contributed by atoms with E-state index in [-0.39, 0.29) is 34.3 Å². The molecule has 10 heteroatoms. The first-order valence-electron chi connectivity index (χ1n) is 9.28. The second-order valence-electron chi connectivity index (χ2n) is 7.02. The summed E-state index contributed by atoms with van der Waals surface area (Å²) in [4.78, 5) is 47.8. The molecule has 0 spiro atoms. The Bertz CT molecular complexity index is 1050. The molecule has 30 heavy (non-hydrogen) atoms. The van der Waals surface area contributed by atoms with E-state index >= 15 is 0 Å². The molecule has 0 radical (unpaired) electrons. The van der Waals surface area contributed by atoms with Crippen molar-refractivity contribution in [3.63, 3.8) is 0 Å². The standard InChI is InChI=1S/C20H23ClN2O7/c1-4-9(2)18(19(27)28)23-17(26)8-22-16(25)6-12-10(3)11-5-13(21)14(24)7-15(11)30-20(12)29/h5,7,9,18,24H,4,6,8H2,1-3H3,(H,22,25)(H,23,26)(H,27,28). The minimum atomic E-state index is -1.15. The minimum Gasteiger partial charge on any atom is -0.506 e. The molecule has 1 aromatic heterocycles. The number of amides is 2. The summed E-state index contributed by atoms with van der Waals surface area (Å²) >= 11 is 5.90. The Balaban J connectivity index is 2.09. The molecule has 2 amide bonds. The van der Waals surface area contributed by atoms with Crippen LogP contribution in [0.25, 0.3) is 11.0 Å². The summed E-state index contributed by atoms with van der Waals surface area (Å²) in [5.74, 6) is -2.93. The minimum absolute atomic E-state index is 0.0702. The first kappa shape index (κ1) is 23.2. The fraction of sp³-hybridized carbons (Fsp3) is 0.400. The molecule has 4 N–H and O–H groups in total. The molecule has 0 fully saturated rings. The Morgan fingerprint density at radius 3 is 2.50 bits per heavy atom. The van der Waals surface area contributed by atoms with Crippen molar-refractivity contribution in [2.24, 2.45) is 5.92 Å². The molecule has 2 rings (SSSR count). The van der Waals surface area contributed by atoms with Gasteiger partial charge in [-0.3, -0.25) is 9.59 Å². The molecular formula is C20H23ClN2O7. The molecule has 2 aromatic rings. The van der Waals surface area contributed by atoms with Crippen molar-refractivity contribution in [1.29, 1.82) is 0 Å². The Hall–Kier alpha value is -3.07. The summed E-state index contributed by atoms with van der Waals surface area (Å²) in [7, 11) is 0. The highest BCUT2D eigenvalue weighted by Gasteiger charge is 2.25. The van der Waals surface area contributed by atoms with E-state index in [0.29, 0.717) is 17.4 Å². The van der Waals surface area contributed by atoms with E-state index in [0.717, 1.165) is 0 Å². The van der Waals surface area contributed by atoms with E-state index in [9.17, 15) is 29.4 Å². The zero-order valence-electron chi connectivity index (χ0n) is 16.7. The van der Waals surface area contributed by atoms with E-state index < -0.39 is 36.0 Å². The highest BCUT2D eigenvalue weighted by atomic mass is 35.5. The van der Waals surface area contributed by atoms with Crippen LogP contribution in [0.5, 0.6) is 5.75 Å². The van der Waals surface area contributed by atoms with Gasteiger partial charge in [-0.15, -0.1) is 0 Å². The third-order valence-electron chi connectivity index (χ3n) is 4.93. The molecule has 1 heterocycles. The number of phenolic OH excluding ortho intramolecular Hbond substituents is 1. The van der Waals surface area contributed by atoms with E-state index in [2.05, 4.69) is 10.6 Å². The molecule has 2 unspecified atom stereocenters. The monoisotopic (exact) mass is 438 g/mol. The zero-order chi connectivity index (χ0) is 22.6. The van der Waals surface area contributed by atoms with Crippen molar-refractivity contribution >= 4 is 40.4 Å². The van der Waals surface area contributed by atoms with E-state index in [4.69, 9.17) is 16.0 Å². The maximum atomic E-state index is 12.2. The highest BCUT2D eigenvalue weighted by Crippen LogP contribution is 2.30. The lowest BCUT2D eigenvalue weighted by atomic mass is 9.99. The molecule has 0 aliphatic heterocycles. The number of hydrogen-bond donors (Lipinski definition) is 4. The first-order valence-corrected chi connectivity index (χ1v) is 9.66. The lowest BCUT2D eigenvalue weighted by Gasteiger charge is -2.20. The maximum Gasteiger partial charge on any atom is 0.340 e. The van der Waals surface area contributed by atoms with E-state index in [1.807, 2.05) is 0 Å². The summed E-state index contributed by atoms with van der Waals surface area (Å²) in [6.07, 6.45) is 0.214. The Morgan fingerprint density at radius 2 is 1.90 bits per heavy atom. The maximum absolute atomic E-state index is 12.2. The number of aryl methyl sites for hydroxylation is 1. The third kappa shape index (κ3) is 5.29. The summed E-state index contributed by atoms with van der Waals surface area (Å²) < 4.78 is 5.15. The van der Waals surface area contributed by atoms with Crippen LogP contribution in [0.1, 0.15) is 31.4 Å². The van der Waals surface area contributed by atoms with Crippen LogP contribution in [0.4, 0.5) is 0 Å². The lowest BCUT2D eigenvalue weighted by molar-refractivity contribution is -0.143. The lowest BCUT2D eigenvalue weighted by Crippen LogP contribution is -2.48. The van der Waals surface area contributed by atoms with Crippen molar-refractivity contribution in [1.82, 2.24) is 10.6 Å². The van der Waals surface area contributed by atoms with Crippen molar-refractivity contribution in [3.05, 3.63) is 38.7 Å². The second kappa shape index (κ2) is 9.62. The van der Waals surface area contributed by atoms with Crippen LogP contribution in [0.2, 0.25) is 5.02 Å². The van der Waals surface area contributed by atoms with Gasteiger partial charge >= 0.3 is 11.6 Å². The van der Waals surface area contributed by atoms with Crippen molar-refractivity contribution in [3.8, 4) is 5.75 Å². The fourth-order valence-electron chi connectivity index (χ4n) is 2.91. The molecule has 1 aromatic carbocycles. The number of halogens is 1. The van der Waals surface area contributed by atoms with E-state index in [1.165, 1.54) is 12.1 Å². The molecular weight excluding hydrogens is 416 g/mol. The summed E-state index contributed by atoms with van der Waals surface area (Å²) in [6.45, 7) is 4.69.